The lowest BCUT2D eigenvalue weighted by Gasteiger charge is -2.38. The molecule has 160 valence electrons. The Hall–Kier alpha value is -1.93. The van der Waals surface area contributed by atoms with Gasteiger partial charge >= 0.3 is 0 Å². The van der Waals surface area contributed by atoms with Crippen molar-refractivity contribution in [2.45, 2.75) is 45.6 Å². The van der Waals surface area contributed by atoms with E-state index < -0.39 is 0 Å². The van der Waals surface area contributed by atoms with Gasteiger partial charge in [0.2, 0.25) is 11.7 Å². The van der Waals surface area contributed by atoms with Gasteiger partial charge in [-0.25, -0.2) is 4.98 Å². The Bertz CT molecular complexity index is 737. The summed E-state index contributed by atoms with van der Waals surface area (Å²) in [6, 6.07) is 0. The summed E-state index contributed by atoms with van der Waals surface area (Å²) in [4.78, 5) is 33.3. The van der Waals surface area contributed by atoms with Gasteiger partial charge in [-0.1, -0.05) is 0 Å². The number of piperidine rings is 1. The molecule has 0 spiro atoms. The van der Waals surface area contributed by atoms with Gasteiger partial charge in [-0.3, -0.25) is 9.59 Å². The second-order valence-corrected chi connectivity index (χ2v) is 8.78. The van der Waals surface area contributed by atoms with E-state index in [2.05, 4.69) is 15.2 Å². The van der Waals surface area contributed by atoms with Gasteiger partial charge in [-0.05, 0) is 57.5 Å². The summed E-state index contributed by atoms with van der Waals surface area (Å²) in [6.45, 7) is 8.77. The smallest absolute Gasteiger partial charge is 0.289 e. The van der Waals surface area contributed by atoms with Crippen LogP contribution in [0, 0.1) is 25.7 Å². The van der Waals surface area contributed by atoms with Crippen LogP contribution in [-0.4, -0.2) is 78.6 Å². The van der Waals surface area contributed by atoms with Crippen molar-refractivity contribution in [2.75, 3.05) is 45.9 Å². The third kappa shape index (κ3) is 5.36. The molecule has 1 N–H and O–H groups in total. The minimum Gasteiger partial charge on any atom is -0.436 e. The highest BCUT2D eigenvalue weighted by Crippen LogP contribution is 2.31. The summed E-state index contributed by atoms with van der Waals surface area (Å²) < 4.78 is 11.0. The first-order chi connectivity index (χ1) is 14.0. The summed E-state index contributed by atoms with van der Waals surface area (Å²) in [5.74, 6) is 1.97. The number of likely N-dealkylation sites (tertiary alicyclic amines) is 1. The van der Waals surface area contributed by atoms with Crippen molar-refractivity contribution in [3.8, 4) is 0 Å². The molecular formula is C21H32N4O4. The fourth-order valence-electron chi connectivity index (χ4n) is 4.34. The number of rotatable bonds is 7. The maximum atomic E-state index is 12.3. The van der Waals surface area contributed by atoms with E-state index in [0.29, 0.717) is 30.6 Å². The third-order valence-corrected chi connectivity index (χ3v) is 6.22. The predicted molar refractivity (Wildman–Crippen MR) is 107 cm³/mol. The Kier molecular flexibility index (Phi) is 6.20. The van der Waals surface area contributed by atoms with Crippen molar-refractivity contribution in [3.05, 3.63) is 17.3 Å². The van der Waals surface area contributed by atoms with Crippen LogP contribution in [-0.2, 0) is 9.53 Å². The zero-order valence-corrected chi connectivity index (χ0v) is 17.5. The van der Waals surface area contributed by atoms with Crippen LogP contribution in [0.15, 0.2) is 4.42 Å². The van der Waals surface area contributed by atoms with Crippen molar-refractivity contribution < 1.29 is 18.7 Å². The first-order valence-corrected chi connectivity index (χ1v) is 10.8. The van der Waals surface area contributed by atoms with Crippen LogP contribution in [0.1, 0.15) is 47.8 Å². The Balaban J connectivity index is 1.22. The van der Waals surface area contributed by atoms with E-state index in [1.54, 1.807) is 13.8 Å². The topological polar surface area (TPSA) is 87.9 Å². The van der Waals surface area contributed by atoms with Gasteiger partial charge in [0.25, 0.3) is 5.91 Å². The molecule has 4 rings (SSSR count). The summed E-state index contributed by atoms with van der Waals surface area (Å²) in [7, 11) is 0. The quantitative estimate of drug-likeness (QED) is 0.739. The van der Waals surface area contributed by atoms with Crippen LogP contribution in [0.25, 0.3) is 0 Å². The maximum absolute atomic E-state index is 12.3. The number of aryl methyl sites for hydroxylation is 2. The van der Waals surface area contributed by atoms with Crippen LogP contribution in [0.3, 0.4) is 0 Å². The SMILES string of the molecule is Cc1nc(C)c(C(=O)NCC2CN(CC3CCN(CC4CC4)CC3)C(=O)CO2)o1. The van der Waals surface area contributed by atoms with Crippen LogP contribution in [0.5, 0.6) is 0 Å². The number of oxazole rings is 1. The van der Waals surface area contributed by atoms with Gasteiger partial charge in [-0.2, -0.15) is 0 Å². The van der Waals surface area contributed by atoms with Crippen molar-refractivity contribution in [1.29, 1.82) is 0 Å². The standard InChI is InChI=1S/C21H32N4O4/c1-14-20(29-15(2)23-14)21(27)22-9-18-12-25(19(26)13-28-18)11-17-5-7-24(8-6-17)10-16-3-4-16/h16-18H,3-13H2,1-2H3,(H,22,27). The number of nitrogens with zero attached hydrogens (tertiary/aromatic N) is 3. The number of carbonyl (C=O) groups excluding carboxylic acids is 2. The molecule has 1 unspecified atom stereocenters. The first kappa shape index (κ1) is 20.3. The highest BCUT2D eigenvalue weighted by Gasteiger charge is 2.31. The Morgan fingerprint density at radius 1 is 1.14 bits per heavy atom. The van der Waals surface area contributed by atoms with Crippen molar-refractivity contribution in [2.24, 2.45) is 11.8 Å². The van der Waals surface area contributed by atoms with Crippen molar-refractivity contribution in [3.63, 3.8) is 0 Å². The molecule has 8 heteroatoms. The van der Waals surface area contributed by atoms with Gasteiger partial charge in [0.1, 0.15) is 6.61 Å². The largest absolute Gasteiger partial charge is 0.436 e. The maximum Gasteiger partial charge on any atom is 0.289 e. The van der Waals surface area contributed by atoms with Crippen LogP contribution in [0.2, 0.25) is 0 Å². The Morgan fingerprint density at radius 2 is 1.86 bits per heavy atom. The average Bonchev–Trinajstić information content (AvgIpc) is 3.45. The lowest BCUT2D eigenvalue weighted by molar-refractivity contribution is -0.149. The number of morpholine rings is 1. The summed E-state index contributed by atoms with van der Waals surface area (Å²) in [6.07, 6.45) is 4.91. The molecular weight excluding hydrogens is 372 g/mol. The first-order valence-electron chi connectivity index (χ1n) is 10.8. The van der Waals surface area contributed by atoms with Gasteiger partial charge in [-0.15, -0.1) is 0 Å². The molecule has 2 aliphatic heterocycles. The van der Waals surface area contributed by atoms with Crippen molar-refractivity contribution >= 4 is 11.8 Å². The van der Waals surface area contributed by atoms with E-state index in [1.807, 2.05) is 4.90 Å². The summed E-state index contributed by atoms with van der Waals surface area (Å²) >= 11 is 0. The van der Waals surface area contributed by atoms with E-state index >= 15 is 0 Å². The minimum absolute atomic E-state index is 0.0506. The number of carbonyl (C=O) groups is 2. The van der Waals surface area contributed by atoms with Gasteiger partial charge in [0, 0.05) is 33.1 Å². The molecule has 1 saturated carbocycles. The van der Waals surface area contributed by atoms with Gasteiger partial charge in [0.05, 0.1) is 11.8 Å². The summed E-state index contributed by atoms with van der Waals surface area (Å²) in [5, 5.41) is 2.85. The van der Waals surface area contributed by atoms with Gasteiger partial charge < -0.3 is 24.3 Å². The lowest BCUT2D eigenvalue weighted by Crippen LogP contribution is -2.52. The molecule has 0 bridgehead atoms. The third-order valence-electron chi connectivity index (χ3n) is 6.22. The van der Waals surface area contributed by atoms with Crippen molar-refractivity contribution in [1.82, 2.24) is 20.1 Å². The molecule has 8 nitrogen and oxygen atoms in total. The van der Waals surface area contributed by atoms with Gasteiger partial charge in [0.15, 0.2) is 5.89 Å². The molecule has 3 aliphatic rings. The van der Waals surface area contributed by atoms with E-state index in [4.69, 9.17) is 9.15 Å². The molecule has 1 aromatic heterocycles. The molecule has 3 fully saturated rings. The van der Waals surface area contributed by atoms with E-state index in [1.165, 1.54) is 19.4 Å². The lowest BCUT2D eigenvalue weighted by atomic mass is 9.95. The number of hydrogen-bond acceptors (Lipinski definition) is 6. The zero-order valence-electron chi connectivity index (χ0n) is 17.5. The average molecular weight is 405 g/mol. The molecule has 2 amide bonds. The molecule has 0 aromatic carbocycles. The highest BCUT2D eigenvalue weighted by atomic mass is 16.5. The number of hydrogen-bond donors (Lipinski definition) is 1. The van der Waals surface area contributed by atoms with Crippen LogP contribution >= 0.6 is 0 Å². The Morgan fingerprint density at radius 3 is 2.52 bits per heavy atom. The number of ether oxygens (including phenoxy) is 1. The van der Waals surface area contributed by atoms with E-state index in [0.717, 1.165) is 38.4 Å². The molecule has 2 saturated heterocycles. The Labute approximate surface area is 172 Å². The number of nitrogens with one attached hydrogen (secondary N) is 1. The van der Waals surface area contributed by atoms with E-state index in [-0.39, 0.29) is 30.3 Å². The highest BCUT2D eigenvalue weighted by molar-refractivity contribution is 5.92. The molecule has 1 aliphatic carbocycles. The number of amides is 2. The number of aromatic nitrogens is 1. The fraction of sp³-hybridized carbons (Fsp3) is 0.762. The molecule has 29 heavy (non-hydrogen) atoms. The van der Waals surface area contributed by atoms with Crippen LogP contribution < -0.4 is 5.32 Å². The van der Waals surface area contributed by atoms with E-state index in [9.17, 15) is 9.59 Å². The zero-order chi connectivity index (χ0) is 20.4. The summed E-state index contributed by atoms with van der Waals surface area (Å²) in [5.41, 5.74) is 0.578. The molecule has 1 atom stereocenters. The predicted octanol–water partition coefficient (Wildman–Crippen LogP) is 1.37. The molecule has 3 heterocycles. The fourth-order valence-corrected chi connectivity index (χ4v) is 4.34. The second-order valence-electron chi connectivity index (χ2n) is 8.78. The monoisotopic (exact) mass is 404 g/mol. The second kappa shape index (κ2) is 8.83. The molecule has 0 radical (unpaired) electrons. The minimum atomic E-state index is -0.293. The van der Waals surface area contributed by atoms with Crippen LogP contribution in [0.4, 0.5) is 0 Å². The normalized spacial score (nSPS) is 24.1. The molecule has 1 aromatic rings.